The van der Waals surface area contributed by atoms with Crippen molar-refractivity contribution in [3.8, 4) is 16.9 Å². The minimum Gasteiger partial charge on any atom is -0.494 e. The topological polar surface area (TPSA) is 69.0 Å². The zero-order valence-corrected chi connectivity index (χ0v) is 15.0. The molecule has 0 saturated carbocycles. The molecule has 0 atom stereocenters. The second-order valence-corrected chi connectivity index (χ2v) is 6.94. The molecule has 3 rings (SSSR count). The molecule has 0 aliphatic carbocycles. The van der Waals surface area contributed by atoms with Crippen molar-refractivity contribution in [3.05, 3.63) is 47.7 Å². The molecular weight excluding hydrogens is 336 g/mol. The lowest BCUT2D eigenvalue weighted by Crippen LogP contribution is -2.12. The Hall–Kier alpha value is -2.67. The van der Waals surface area contributed by atoms with Crippen LogP contribution in [0.1, 0.15) is 17.7 Å². The SMILES string of the molecule is Cc1cnc(NC(=O)CCCOc2ccc(-c3cnn(C)c3)cc2)s1. The van der Waals surface area contributed by atoms with Crippen molar-refractivity contribution in [1.29, 1.82) is 0 Å². The summed E-state index contributed by atoms with van der Waals surface area (Å²) >= 11 is 1.47. The van der Waals surface area contributed by atoms with Crippen LogP contribution in [0, 0.1) is 6.92 Å². The first-order valence-corrected chi connectivity index (χ1v) is 8.86. The van der Waals surface area contributed by atoms with E-state index in [2.05, 4.69) is 15.4 Å². The summed E-state index contributed by atoms with van der Waals surface area (Å²) in [6.45, 7) is 2.46. The van der Waals surface area contributed by atoms with Crippen LogP contribution >= 0.6 is 11.3 Å². The first-order chi connectivity index (χ1) is 12.1. The van der Waals surface area contributed by atoms with E-state index < -0.39 is 0 Å². The predicted molar refractivity (Wildman–Crippen MR) is 98.9 cm³/mol. The zero-order valence-electron chi connectivity index (χ0n) is 14.2. The number of amides is 1. The monoisotopic (exact) mass is 356 g/mol. The third-order valence-electron chi connectivity index (χ3n) is 3.58. The molecule has 0 fully saturated rings. The zero-order chi connectivity index (χ0) is 17.6. The second-order valence-electron chi connectivity index (χ2n) is 5.70. The van der Waals surface area contributed by atoms with E-state index in [-0.39, 0.29) is 5.91 Å². The summed E-state index contributed by atoms with van der Waals surface area (Å²) < 4.78 is 7.47. The Bertz CT molecular complexity index is 839. The van der Waals surface area contributed by atoms with Crippen molar-refractivity contribution in [2.45, 2.75) is 19.8 Å². The van der Waals surface area contributed by atoms with Gasteiger partial charge in [0.15, 0.2) is 5.13 Å². The molecule has 0 aliphatic heterocycles. The smallest absolute Gasteiger partial charge is 0.226 e. The maximum absolute atomic E-state index is 11.8. The largest absolute Gasteiger partial charge is 0.494 e. The number of rotatable bonds is 7. The molecular formula is C18H20N4O2S. The molecule has 1 amide bonds. The Morgan fingerprint density at radius 3 is 2.68 bits per heavy atom. The summed E-state index contributed by atoms with van der Waals surface area (Å²) in [6.07, 6.45) is 6.61. The first-order valence-electron chi connectivity index (χ1n) is 8.04. The van der Waals surface area contributed by atoms with Crippen LogP contribution in [0.4, 0.5) is 5.13 Å². The number of carbonyl (C=O) groups excluding carboxylic acids is 1. The summed E-state index contributed by atoms with van der Waals surface area (Å²) in [7, 11) is 1.90. The van der Waals surface area contributed by atoms with Gasteiger partial charge in [-0.15, -0.1) is 11.3 Å². The van der Waals surface area contributed by atoms with E-state index in [0.29, 0.717) is 24.6 Å². The number of carbonyl (C=O) groups is 1. The van der Waals surface area contributed by atoms with E-state index in [9.17, 15) is 4.79 Å². The number of aromatic nitrogens is 3. The Labute approximate surface area is 150 Å². The van der Waals surface area contributed by atoms with E-state index >= 15 is 0 Å². The molecule has 0 spiro atoms. The van der Waals surface area contributed by atoms with Gasteiger partial charge in [-0.05, 0) is 31.0 Å². The summed E-state index contributed by atoms with van der Waals surface area (Å²) in [6, 6.07) is 7.87. The number of nitrogens with one attached hydrogen (secondary N) is 1. The lowest BCUT2D eigenvalue weighted by Gasteiger charge is -2.07. The van der Waals surface area contributed by atoms with E-state index in [1.807, 2.05) is 50.6 Å². The number of nitrogens with zero attached hydrogens (tertiary/aromatic N) is 3. The highest BCUT2D eigenvalue weighted by Crippen LogP contribution is 2.22. The Kier molecular flexibility index (Phi) is 5.45. The number of hydrogen-bond acceptors (Lipinski definition) is 5. The number of aryl methyl sites for hydroxylation is 2. The van der Waals surface area contributed by atoms with Gasteiger partial charge in [0.05, 0.1) is 12.8 Å². The van der Waals surface area contributed by atoms with Crippen LogP contribution in [-0.4, -0.2) is 27.3 Å². The Morgan fingerprint density at radius 2 is 2.04 bits per heavy atom. The van der Waals surface area contributed by atoms with Crippen molar-refractivity contribution >= 4 is 22.4 Å². The molecule has 0 bridgehead atoms. The van der Waals surface area contributed by atoms with Crippen LogP contribution in [-0.2, 0) is 11.8 Å². The van der Waals surface area contributed by atoms with Crippen molar-refractivity contribution in [2.75, 3.05) is 11.9 Å². The summed E-state index contributed by atoms with van der Waals surface area (Å²) in [4.78, 5) is 17.0. The third kappa shape index (κ3) is 4.90. The molecule has 0 unspecified atom stereocenters. The van der Waals surface area contributed by atoms with Gasteiger partial charge >= 0.3 is 0 Å². The number of anilines is 1. The third-order valence-corrected chi connectivity index (χ3v) is 4.41. The molecule has 130 valence electrons. The number of ether oxygens (including phenoxy) is 1. The van der Waals surface area contributed by atoms with E-state index in [1.54, 1.807) is 10.9 Å². The average Bonchev–Trinajstić information content (AvgIpc) is 3.21. The minimum atomic E-state index is -0.0372. The molecule has 0 radical (unpaired) electrons. The summed E-state index contributed by atoms with van der Waals surface area (Å²) in [5, 5.41) is 7.61. The summed E-state index contributed by atoms with van der Waals surface area (Å²) in [5.74, 6) is 0.758. The van der Waals surface area contributed by atoms with E-state index in [4.69, 9.17) is 4.74 Å². The predicted octanol–water partition coefficient (Wildman–Crippen LogP) is 3.65. The molecule has 1 N–H and O–H groups in total. The molecule has 2 heterocycles. The van der Waals surface area contributed by atoms with Crippen LogP contribution in [0.15, 0.2) is 42.9 Å². The maximum atomic E-state index is 11.8. The number of benzene rings is 1. The van der Waals surface area contributed by atoms with Crippen molar-refractivity contribution < 1.29 is 9.53 Å². The van der Waals surface area contributed by atoms with Crippen molar-refractivity contribution in [3.63, 3.8) is 0 Å². The highest BCUT2D eigenvalue weighted by molar-refractivity contribution is 7.15. The molecule has 0 aliphatic rings. The van der Waals surface area contributed by atoms with Gasteiger partial charge in [0.25, 0.3) is 0 Å². The lowest BCUT2D eigenvalue weighted by molar-refractivity contribution is -0.116. The molecule has 2 aromatic heterocycles. The van der Waals surface area contributed by atoms with Gasteiger partial charge in [0, 0.05) is 36.3 Å². The quantitative estimate of drug-likeness (QED) is 0.656. The normalized spacial score (nSPS) is 10.6. The molecule has 25 heavy (non-hydrogen) atoms. The molecule has 7 heteroatoms. The Balaban J connectivity index is 1.40. The summed E-state index contributed by atoms with van der Waals surface area (Å²) in [5.41, 5.74) is 2.17. The van der Waals surface area contributed by atoms with Gasteiger partial charge < -0.3 is 10.1 Å². The number of hydrogen-bond donors (Lipinski definition) is 1. The highest BCUT2D eigenvalue weighted by Gasteiger charge is 2.06. The fourth-order valence-electron chi connectivity index (χ4n) is 2.33. The van der Waals surface area contributed by atoms with Gasteiger partial charge in [-0.2, -0.15) is 5.10 Å². The standard InChI is InChI=1S/C18H20N4O2S/c1-13-10-19-18(25-13)21-17(23)4-3-9-24-16-7-5-14(6-8-16)15-11-20-22(2)12-15/h5-8,10-12H,3-4,9H2,1-2H3,(H,19,21,23). The van der Waals surface area contributed by atoms with Crippen LogP contribution in [0.2, 0.25) is 0 Å². The number of thiazole rings is 1. The van der Waals surface area contributed by atoms with E-state index in [0.717, 1.165) is 21.8 Å². The molecule has 6 nitrogen and oxygen atoms in total. The van der Waals surface area contributed by atoms with Gasteiger partial charge in [-0.3, -0.25) is 9.48 Å². The lowest BCUT2D eigenvalue weighted by atomic mass is 10.1. The van der Waals surface area contributed by atoms with Gasteiger partial charge in [0.2, 0.25) is 5.91 Å². The fourth-order valence-corrected chi connectivity index (χ4v) is 3.01. The van der Waals surface area contributed by atoms with Crippen LogP contribution < -0.4 is 10.1 Å². The Morgan fingerprint density at radius 1 is 1.24 bits per heavy atom. The first kappa shape index (κ1) is 17.2. The fraction of sp³-hybridized carbons (Fsp3) is 0.278. The van der Waals surface area contributed by atoms with Crippen LogP contribution in [0.25, 0.3) is 11.1 Å². The highest BCUT2D eigenvalue weighted by atomic mass is 32.1. The average molecular weight is 356 g/mol. The van der Waals surface area contributed by atoms with Crippen molar-refractivity contribution in [2.24, 2.45) is 7.05 Å². The van der Waals surface area contributed by atoms with E-state index in [1.165, 1.54) is 11.3 Å². The molecule has 3 aromatic rings. The van der Waals surface area contributed by atoms with Crippen molar-refractivity contribution in [1.82, 2.24) is 14.8 Å². The van der Waals surface area contributed by atoms with Crippen LogP contribution in [0.3, 0.4) is 0 Å². The molecule has 0 saturated heterocycles. The van der Waals surface area contributed by atoms with Gasteiger partial charge in [-0.25, -0.2) is 4.98 Å². The minimum absolute atomic E-state index is 0.0372. The van der Waals surface area contributed by atoms with Gasteiger partial charge in [-0.1, -0.05) is 12.1 Å². The maximum Gasteiger partial charge on any atom is 0.226 e. The van der Waals surface area contributed by atoms with Gasteiger partial charge in [0.1, 0.15) is 5.75 Å². The van der Waals surface area contributed by atoms with Crippen LogP contribution in [0.5, 0.6) is 5.75 Å². The second kappa shape index (κ2) is 7.94. The molecule has 1 aromatic carbocycles.